The molecular formula is C18H14BrN3O2. The third kappa shape index (κ3) is 2.35. The van der Waals surface area contributed by atoms with E-state index in [9.17, 15) is 4.79 Å². The zero-order valence-corrected chi connectivity index (χ0v) is 14.5. The number of methoxy groups -OCH3 is 1. The molecule has 2 heterocycles. The highest BCUT2D eigenvalue weighted by Crippen LogP contribution is 2.39. The average molecular weight is 384 g/mol. The van der Waals surface area contributed by atoms with Gasteiger partial charge in [-0.3, -0.25) is 9.79 Å². The van der Waals surface area contributed by atoms with E-state index in [2.05, 4.69) is 31.6 Å². The molecule has 0 saturated heterocycles. The molecule has 0 saturated carbocycles. The Hall–Kier alpha value is -2.44. The number of carbonyl (C=O) groups is 1. The molecule has 2 aromatic rings. The van der Waals surface area contributed by atoms with Crippen molar-refractivity contribution < 1.29 is 9.53 Å². The summed E-state index contributed by atoms with van der Waals surface area (Å²) in [5.41, 5.74) is 5.61. The van der Waals surface area contributed by atoms with Crippen LogP contribution in [-0.2, 0) is 9.53 Å². The molecule has 6 heteroatoms. The fourth-order valence-electron chi connectivity index (χ4n) is 2.99. The van der Waals surface area contributed by atoms with Crippen LogP contribution in [0.5, 0.6) is 0 Å². The number of ether oxygens (including phenoxy) is 1. The number of benzene rings is 2. The molecule has 4 rings (SSSR count). The number of rotatable bonds is 2. The van der Waals surface area contributed by atoms with Crippen LogP contribution in [0.15, 0.2) is 57.6 Å². The maximum Gasteiger partial charge on any atom is 0.258 e. The maximum absolute atomic E-state index is 12.6. The van der Waals surface area contributed by atoms with Crippen LogP contribution in [0.25, 0.3) is 5.57 Å². The molecule has 2 aliphatic heterocycles. The number of carbonyl (C=O) groups excluding carboxylic acids is 1. The molecule has 0 aromatic heterocycles. The van der Waals surface area contributed by atoms with E-state index in [1.807, 2.05) is 42.5 Å². The molecule has 1 amide bonds. The van der Waals surface area contributed by atoms with E-state index >= 15 is 0 Å². The van der Waals surface area contributed by atoms with Crippen LogP contribution in [0.3, 0.4) is 0 Å². The Morgan fingerprint density at radius 1 is 1.08 bits per heavy atom. The van der Waals surface area contributed by atoms with E-state index in [0.717, 1.165) is 32.7 Å². The van der Waals surface area contributed by atoms with Crippen LogP contribution in [-0.4, -0.2) is 25.5 Å². The molecule has 0 spiro atoms. The van der Waals surface area contributed by atoms with E-state index in [4.69, 9.17) is 4.74 Å². The van der Waals surface area contributed by atoms with E-state index in [-0.39, 0.29) is 12.6 Å². The molecule has 0 aliphatic carbocycles. The van der Waals surface area contributed by atoms with Gasteiger partial charge in [0.2, 0.25) is 0 Å². The minimum atomic E-state index is -0.136. The molecule has 2 N–H and O–H groups in total. The van der Waals surface area contributed by atoms with Crippen molar-refractivity contribution in [2.45, 2.75) is 0 Å². The maximum atomic E-state index is 12.6. The third-order valence-electron chi connectivity index (χ3n) is 4.01. The second kappa shape index (κ2) is 5.89. The first-order valence-electron chi connectivity index (χ1n) is 7.45. The van der Waals surface area contributed by atoms with Gasteiger partial charge in [-0.2, -0.15) is 0 Å². The first-order chi connectivity index (χ1) is 11.7. The topological polar surface area (TPSA) is 62.7 Å². The van der Waals surface area contributed by atoms with Crippen molar-refractivity contribution in [3.8, 4) is 0 Å². The van der Waals surface area contributed by atoms with Crippen LogP contribution >= 0.6 is 15.9 Å². The summed E-state index contributed by atoms with van der Waals surface area (Å²) in [4.78, 5) is 17.1. The van der Waals surface area contributed by atoms with Gasteiger partial charge in [-0.1, -0.05) is 34.1 Å². The quantitative estimate of drug-likeness (QED) is 0.778. The van der Waals surface area contributed by atoms with E-state index in [0.29, 0.717) is 11.3 Å². The third-order valence-corrected chi connectivity index (χ3v) is 4.50. The first-order valence-corrected chi connectivity index (χ1v) is 8.24. The monoisotopic (exact) mass is 383 g/mol. The number of nitrogens with one attached hydrogen (secondary N) is 2. The Morgan fingerprint density at radius 2 is 1.88 bits per heavy atom. The highest BCUT2D eigenvalue weighted by molar-refractivity contribution is 9.10. The predicted octanol–water partition coefficient (Wildman–Crippen LogP) is 3.63. The molecule has 24 heavy (non-hydrogen) atoms. The summed E-state index contributed by atoms with van der Waals surface area (Å²) in [7, 11) is 1.60. The number of hydrogen-bond donors (Lipinski definition) is 2. The van der Waals surface area contributed by atoms with Gasteiger partial charge in [-0.25, -0.2) is 0 Å². The molecule has 0 fully saturated rings. The van der Waals surface area contributed by atoms with Crippen molar-refractivity contribution in [1.82, 2.24) is 0 Å². The smallest absolute Gasteiger partial charge is 0.258 e. The Kier molecular flexibility index (Phi) is 3.70. The summed E-state index contributed by atoms with van der Waals surface area (Å²) in [6.45, 7) is 0.231. The van der Waals surface area contributed by atoms with Gasteiger partial charge < -0.3 is 15.4 Å². The lowest BCUT2D eigenvalue weighted by molar-refractivity contribution is -0.110. The van der Waals surface area contributed by atoms with Gasteiger partial charge in [-0.15, -0.1) is 0 Å². The number of allylic oxidation sites excluding steroid dienone is 1. The minimum Gasteiger partial charge on any atom is -0.363 e. The highest BCUT2D eigenvalue weighted by atomic mass is 79.9. The normalized spacial score (nSPS) is 19.9. The van der Waals surface area contributed by atoms with Crippen LogP contribution < -0.4 is 10.6 Å². The van der Waals surface area contributed by atoms with Gasteiger partial charge in [0.05, 0.1) is 17.0 Å². The van der Waals surface area contributed by atoms with Crippen LogP contribution in [0.1, 0.15) is 11.1 Å². The fraction of sp³-hybridized carbons (Fsp3) is 0.111. The van der Waals surface area contributed by atoms with E-state index in [1.165, 1.54) is 0 Å². The molecule has 0 unspecified atom stereocenters. The summed E-state index contributed by atoms with van der Waals surface area (Å²) in [5, 5.41) is 6.25. The van der Waals surface area contributed by atoms with Gasteiger partial charge in [-0.05, 0) is 24.3 Å². The SMILES string of the molecule is COC/N=C1/C(=C2/C(=O)Nc3ccc(Br)cc32)Nc2ccccc21. The minimum absolute atomic E-state index is 0.136. The zero-order valence-electron chi connectivity index (χ0n) is 12.9. The van der Waals surface area contributed by atoms with Crippen LogP contribution in [0.4, 0.5) is 11.4 Å². The summed E-state index contributed by atoms with van der Waals surface area (Å²) >= 11 is 3.47. The largest absolute Gasteiger partial charge is 0.363 e. The lowest BCUT2D eigenvalue weighted by Crippen LogP contribution is -2.13. The molecular weight excluding hydrogens is 370 g/mol. The van der Waals surface area contributed by atoms with Gasteiger partial charge in [0, 0.05) is 34.1 Å². The molecule has 120 valence electrons. The second-order valence-electron chi connectivity index (χ2n) is 5.49. The number of anilines is 2. The Labute approximate surface area is 147 Å². The number of halogens is 1. The Balaban J connectivity index is 1.94. The van der Waals surface area contributed by atoms with Crippen molar-refractivity contribution in [2.24, 2.45) is 4.99 Å². The van der Waals surface area contributed by atoms with Crippen molar-refractivity contribution in [3.63, 3.8) is 0 Å². The van der Waals surface area contributed by atoms with Crippen molar-refractivity contribution in [1.29, 1.82) is 0 Å². The van der Waals surface area contributed by atoms with Gasteiger partial charge >= 0.3 is 0 Å². The van der Waals surface area contributed by atoms with Gasteiger partial charge in [0.25, 0.3) is 5.91 Å². The zero-order chi connectivity index (χ0) is 16.7. The molecule has 2 aliphatic rings. The Morgan fingerprint density at radius 3 is 2.71 bits per heavy atom. The number of hydrogen-bond acceptors (Lipinski definition) is 4. The molecule has 0 radical (unpaired) electrons. The van der Waals surface area contributed by atoms with Crippen LogP contribution in [0, 0.1) is 0 Å². The molecule has 2 aromatic carbocycles. The number of aliphatic imine (C=N–C) groups is 1. The van der Waals surface area contributed by atoms with Gasteiger partial charge in [0.1, 0.15) is 6.73 Å². The second-order valence-corrected chi connectivity index (χ2v) is 6.40. The predicted molar refractivity (Wildman–Crippen MR) is 98.2 cm³/mol. The summed E-state index contributed by atoms with van der Waals surface area (Å²) < 4.78 is 6.02. The summed E-state index contributed by atoms with van der Waals surface area (Å²) in [6.07, 6.45) is 0. The number of para-hydroxylation sites is 1. The van der Waals surface area contributed by atoms with Crippen LogP contribution in [0.2, 0.25) is 0 Å². The van der Waals surface area contributed by atoms with Gasteiger partial charge in [0.15, 0.2) is 0 Å². The van der Waals surface area contributed by atoms with E-state index in [1.54, 1.807) is 7.11 Å². The summed E-state index contributed by atoms with van der Waals surface area (Å²) in [6, 6.07) is 13.6. The first kappa shape index (κ1) is 15.1. The fourth-order valence-corrected chi connectivity index (χ4v) is 3.35. The number of amides is 1. The lowest BCUT2D eigenvalue weighted by atomic mass is 10.0. The average Bonchev–Trinajstić information content (AvgIpc) is 3.09. The van der Waals surface area contributed by atoms with Crippen molar-refractivity contribution >= 4 is 44.5 Å². The lowest BCUT2D eigenvalue weighted by Gasteiger charge is -2.07. The van der Waals surface area contributed by atoms with Crippen molar-refractivity contribution in [3.05, 3.63) is 63.8 Å². The molecule has 0 bridgehead atoms. The standard InChI is InChI=1S/C18H14BrN3O2/c1-24-9-20-16-11-4-2-3-5-13(11)21-17(16)15-12-8-10(19)6-7-14(12)22-18(15)23/h2-8,21H,9H2,1H3,(H,22,23)/b17-15-,20-16+. The summed E-state index contributed by atoms with van der Waals surface area (Å²) in [5.74, 6) is -0.136. The number of nitrogens with zero attached hydrogens (tertiary/aromatic N) is 1. The Bertz CT molecular complexity index is 918. The number of fused-ring (bicyclic) bond motifs is 2. The highest BCUT2D eigenvalue weighted by Gasteiger charge is 2.33. The van der Waals surface area contributed by atoms with E-state index < -0.39 is 0 Å². The molecule has 0 atom stereocenters. The van der Waals surface area contributed by atoms with Crippen molar-refractivity contribution in [2.75, 3.05) is 24.5 Å². The molecule has 5 nitrogen and oxygen atoms in total.